The lowest BCUT2D eigenvalue weighted by Gasteiger charge is -2.09. The first-order chi connectivity index (χ1) is 10.6. The Balaban J connectivity index is 2.40. The van der Waals surface area contributed by atoms with Gasteiger partial charge in [0, 0.05) is 11.1 Å². The molecule has 0 radical (unpaired) electrons. The molecule has 0 spiro atoms. The summed E-state index contributed by atoms with van der Waals surface area (Å²) in [7, 11) is 0. The Bertz CT molecular complexity index is 701. The summed E-state index contributed by atoms with van der Waals surface area (Å²) in [6.45, 7) is 6.02. The number of amidine groups is 1. The topological polar surface area (TPSA) is 63.6 Å². The number of hydrogen-bond acceptors (Lipinski definition) is 5. The summed E-state index contributed by atoms with van der Waals surface area (Å²) in [6, 6.07) is 9.72. The van der Waals surface area contributed by atoms with Crippen molar-refractivity contribution in [3.63, 3.8) is 0 Å². The molecule has 1 aromatic heterocycles. The summed E-state index contributed by atoms with van der Waals surface area (Å²) >= 11 is 1.46. The monoisotopic (exact) mass is 317 g/mol. The number of pyridine rings is 1. The van der Waals surface area contributed by atoms with Crippen molar-refractivity contribution in [2.45, 2.75) is 20.8 Å². The average Bonchev–Trinajstić information content (AvgIpc) is 2.47. The number of fused-ring (bicyclic) bond motifs is 1. The smallest absolute Gasteiger partial charge is 0.413 e. The molecule has 0 aliphatic rings. The summed E-state index contributed by atoms with van der Waals surface area (Å²) in [5.74, 6) is 0.799. The van der Waals surface area contributed by atoms with E-state index in [2.05, 4.69) is 15.3 Å². The summed E-state index contributed by atoms with van der Waals surface area (Å²) in [5.41, 5.74) is 2.56. The summed E-state index contributed by atoms with van der Waals surface area (Å²) in [5, 5.41) is 4.16. The number of thioether (sulfide) groups is 1. The molecule has 0 atom stereocenters. The van der Waals surface area contributed by atoms with E-state index in [1.165, 1.54) is 11.8 Å². The first-order valence-corrected chi connectivity index (χ1v) is 8.14. The van der Waals surface area contributed by atoms with Gasteiger partial charge in [-0.15, -0.1) is 0 Å². The molecule has 22 heavy (non-hydrogen) atoms. The van der Waals surface area contributed by atoms with Gasteiger partial charge in [-0.25, -0.2) is 9.79 Å². The second-order valence-electron chi connectivity index (χ2n) is 4.50. The van der Waals surface area contributed by atoms with Crippen molar-refractivity contribution in [1.82, 2.24) is 10.3 Å². The maximum atomic E-state index is 11.6. The molecule has 0 fully saturated rings. The van der Waals surface area contributed by atoms with Crippen LogP contribution in [0, 0.1) is 6.92 Å². The Labute approximate surface area is 134 Å². The number of aliphatic imine (C=N–C) groups is 1. The average molecular weight is 317 g/mol. The number of aromatic nitrogens is 1. The number of nitrogens with one attached hydrogen (secondary N) is 1. The molecule has 2 aromatic rings. The van der Waals surface area contributed by atoms with E-state index in [0.29, 0.717) is 11.8 Å². The van der Waals surface area contributed by atoms with Gasteiger partial charge in [-0.2, -0.15) is 0 Å². The molecule has 0 aliphatic heterocycles. The Morgan fingerprint density at radius 1 is 1.36 bits per heavy atom. The van der Waals surface area contributed by atoms with Crippen LogP contribution in [0.4, 0.5) is 10.5 Å². The van der Waals surface area contributed by atoms with E-state index in [4.69, 9.17) is 4.74 Å². The highest BCUT2D eigenvalue weighted by Gasteiger charge is 2.09. The van der Waals surface area contributed by atoms with Gasteiger partial charge in [-0.1, -0.05) is 36.9 Å². The first-order valence-electron chi connectivity index (χ1n) is 7.15. The van der Waals surface area contributed by atoms with Crippen LogP contribution in [0.3, 0.4) is 0 Å². The lowest BCUT2D eigenvalue weighted by molar-refractivity contribution is 0.158. The minimum absolute atomic E-state index is 0.327. The summed E-state index contributed by atoms with van der Waals surface area (Å²) in [6.07, 6.45) is -0.489. The van der Waals surface area contributed by atoms with Crippen LogP contribution in [-0.4, -0.2) is 28.6 Å². The number of aryl methyl sites for hydroxylation is 1. The molecule has 2 rings (SSSR count). The van der Waals surface area contributed by atoms with E-state index >= 15 is 0 Å². The van der Waals surface area contributed by atoms with Gasteiger partial charge in [0.2, 0.25) is 0 Å². The van der Waals surface area contributed by atoms with Crippen molar-refractivity contribution in [3.8, 4) is 0 Å². The van der Waals surface area contributed by atoms with Crippen molar-refractivity contribution in [3.05, 3.63) is 36.0 Å². The highest BCUT2D eigenvalue weighted by Crippen LogP contribution is 2.26. The van der Waals surface area contributed by atoms with Crippen LogP contribution in [0.5, 0.6) is 0 Å². The molecule has 0 saturated carbocycles. The van der Waals surface area contributed by atoms with Crippen LogP contribution < -0.4 is 5.32 Å². The van der Waals surface area contributed by atoms with Crippen molar-refractivity contribution >= 4 is 39.6 Å². The van der Waals surface area contributed by atoms with Crippen LogP contribution in [0.1, 0.15) is 19.5 Å². The molecule has 1 aromatic carbocycles. The van der Waals surface area contributed by atoms with Crippen molar-refractivity contribution < 1.29 is 9.53 Å². The zero-order valence-corrected chi connectivity index (χ0v) is 13.7. The van der Waals surface area contributed by atoms with Crippen molar-refractivity contribution in [2.24, 2.45) is 4.99 Å². The predicted octanol–water partition coefficient (Wildman–Crippen LogP) is 4.03. The molecule has 0 saturated heterocycles. The molecule has 5 nitrogen and oxygen atoms in total. The largest absolute Gasteiger partial charge is 0.450 e. The van der Waals surface area contributed by atoms with Crippen LogP contribution in [0.2, 0.25) is 0 Å². The number of amides is 1. The van der Waals surface area contributed by atoms with Gasteiger partial charge in [-0.3, -0.25) is 10.3 Å². The van der Waals surface area contributed by atoms with Crippen molar-refractivity contribution in [2.75, 3.05) is 12.4 Å². The number of hydrogen-bond donors (Lipinski definition) is 1. The van der Waals surface area contributed by atoms with Crippen LogP contribution in [-0.2, 0) is 4.74 Å². The van der Waals surface area contributed by atoms with E-state index in [9.17, 15) is 4.79 Å². The number of alkyl carbamates (subject to hydrolysis) is 1. The van der Waals surface area contributed by atoms with Gasteiger partial charge in [0.05, 0.1) is 17.8 Å². The second kappa shape index (κ2) is 7.79. The number of para-hydroxylation sites is 1. The van der Waals surface area contributed by atoms with Crippen LogP contribution >= 0.6 is 11.8 Å². The summed E-state index contributed by atoms with van der Waals surface area (Å²) < 4.78 is 4.91. The Morgan fingerprint density at radius 3 is 2.86 bits per heavy atom. The standard InChI is InChI=1S/C16H19N3O2S/c1-4-21-16(20)19-15(22-5-2)18-14-10-11(3)17-13-9-7-6-8-12(13)14/h6-10H,4-5H2,1-3H3,(H,17,18,19,20). The third-order valence-electron chi connectivity index (χ3n) is 2.81. The molecule has 6 heteroatoms. The Hall–Kier alpha value is -2.08. The zero-order chi connectivity index (χ0) is 15.9. The zero-order valence-electron chi connectivity index (χ0n) is 12.9. The highest BCUT2D eigenvalue weighted by molar-refractivity contribution is 8.13. The van der Waals surface area contributed by atoms with E-state index in [1.807, 2.05) is 44.2 Å². The Morgan fingerprint density at radius 2 is 2.14 bits per heavy atom. The number of rotatable bonds is 3. The number of nitrogens with zero attached hydrogens (tertiary/aromatic N) is 2. The minimum Gasteiger partial charge on any atom is -0.450 e. The Kier molecular flexibility index (Phi) is 5.77. The number of ether oxygens (including phenoxy) is 1. The van der Waals surface area contributed by atoms with E-state index in [1.54, 1.807) is 6.92 Å². The van der Waals surface area contributed by atoms with E-state index in [0.717, 1.165) is 28.0 Å². The maximum Gasteiger partial charge on any atom is 0.413 e. The molecular formula is C16H19N3O2S. The number of carbonyl (C=O) groups is 1. The lowest BCUT2D eigenvalue weighted by Crippen LogP contribution is -2.29. The molecule has 1 heterocycles. The second-order valence-corrected chi connectivity index (χ2v) is 5.75. The number of benzene rings is 1. The first kappa shape index (κ1) is 16.3. The number of carbonyl (C=O) groups excluding carboxylic acids is 1. The predicted molar refractivity (Wildman–Crippen MR) is 91.9 cm³/mol. The van der Waals surface area contributed by atoms with Gasteiger partial charge >= 0.3 is 6.09 Å². The van der Waals surface area contributed by atoms with Crippen molar-refractivity contribution in [1.29, 1.82) is 0 Å². The minimum atomic E-state index is -0.489. The maximum absolute atomic E-state index is 11.6. The van der Waals surface area contributed by atoms with Crippen LogP contribution in [0.25, 0.3) is 10.9 Å². The van der Waals surface area contributed by atoms with Gasteiger partial charge in [-0.05, 0) is 31.7 Å². The SMILES string of the molecule is CCOC(=O)NC(=Nc1cc(C)nc2ccccc12)SCC. The van der Waals surface area contributed by atoms with E-state index in [-0.39, 0.29) is 0 Å². The fourth-order valence-corrected chi connectivity index (χ4v) is 2.57. The molecule has 0 bridgehead atoms. The van der Waals surface area contributed by atoms with Gasteiger partial charge in [0.1, 0.15) is 0 Å². The van der Waals surface area contributed by atoms with Gasteiger partial charge in [0.15, 0.2) is 5.17 Å². The quantitative estimate of drug-likeness (QED) is 0.685. The van der Waals surface area contributed by atoms with Gasteiger partial charge < -0.3 is 4.74 Å². The lowest BCUT2D eigenvalue weighted by atomic mass is 10.1. The molecular weight excluding hydrogens is 298 g/mol. The third-order valence-corrected chi connectivity index (χ3v) is 3.57. The van der Waals surface area contributed by atoms with E-state index < -0.39 is 6.09 Å². The fourth-order valence-electron chi connectivity index (χ4n) is 1.98. The summed E-state index contributed by atoms with van der Waals surface area (Å²) in [4.78, 5) is 20.7. The normalized spacial score (nSPS) is 11.5. The molecule has 1 amide bonds. The molecule has 116 valence electrons. The third kappa shape index (κ3) is 4.21. The molecule has 1 N–H and O–H groups in total. The molecule has 0 unspecified atom stereocenters. The van der Waals surface area contributed by atoms with Gasteiger partial charge in [0.25, 0.3) is 0 Å². The van der Waals surface area contributed by atoms with Crippen LogP contribution in [0.15, 0.2) is 35.3 Å². The molecule has 0 aliphatic carbocycles. The highest BCUT2D eigenvalue weighted by atomic mass is 32.2. The fraction of sp³-hybridized carbons (Fsp3) is 0.312.